The summed E-state index contributed by atoms with van der Waals surface area (Å²) in [7, 11) is -3.32. The van der Waals surface area contributed by atoms with Crippen LogP contribution in [0.3, 0.4) is 0 Å². The monoisotopic (exact) mass is 220 g/mol. The molecule has 14 heavy (non-hydrogen) atoms. The predicted molar refractivity (Wildman–Crippen MR) is 54.3 cm³/mol. The topological polar surface area (TPSA) is 99.3 Å². The Hall–Kier alpha value is -0.660. The van der Waals surface area contributed by atoms with Crippen LogP contribution >= 0.6 is 0 Å². The highest BCUT2D eigenvalue weighted by Gasteiger charge is 2.24. The molecule has 0 aromatic carbocycles. The van der Waals surface area contributed by atoms with Gasteiger partial charge >= 0.3 is 0 Å². The Morgan fingerprint density at radius 3 is 2.50 bits per heavy atom. The van der Waals surface area contributed by atoms with Crippen molar-refractivity contribution in [1.82, 2.24) is 9.03 Å². The van der Waals surface area contributed by atoms with E-state index in [2.05, 4.69) is 4.72 Å². The molecular weight excluding hydrogens is 204 g/mol. The van der Waals surface area contributed by atoms with Crippen molar-refractivity contribution in [2.24, 2.45) is 5.73 Å². The van der Waals surface area contributed by atoms with Gasteiger partial charge in [-0.25, -0.2) is 4.72 Å². The molecule has 6 nitrogen and oxygen atoms in total. The Bertz CT molecular complexity index is 295. The van der Waals surface area contributed by atoms with Gasteiger partial charge in [-0.1, -0.05) is 0 Å². The highest BCUT2D eigenvalue weighted by Crippen LogP contribution is 2.10. The molecule has 0 aromatic heterocycles. The summed E-state index contributed by atoms with van der Waals surface area (Å²) < 4.78 is 26.9. The molecule has 1 rings (SSSR count). The van der Waals surface area contributed by atoms with Crippen LogP contribution < -0.4 is 10.5 Å². The van der Waals surface area contributed by atoms with Crippen molar-refractivity contribution >= 4 is 16.0 Å². The van der Waals surface area contributed by atoms with Gasteiger partial charge in [-0.05, 0) is 12.8 Å². The second-order valence-electron chi connectivity index (χ2n) is 3.28. The van der Waals surface area contributed by atoms with E-state index in [1.54, 1.807) is 0 Å². The Balaban J connectivity index is 2.37. The SMILES string of the molecule is N=C(N)CCNS(=O)(=O)N1CCCC1. The summed E-state index contributed by atoms with van der Waals surface area (Å²) in [6, 6.07) is 0. The molecule has 7 heteroatoms. The predicted octanol–water partition coefficient (Wildman–Crippen LogP) is -0.757. The molecule has 0 aliphatic carbocycles. The summed E-state index contributed by atoms with van der Waals surface area (Å²) in [6.07, 6.45) is 2.11. The molecule has 1 heterocycles. The van der Waals surface area contributed by atoms with Crippen LogP contribution in [0.2, 0.25) is 0 Å². The van der Waals surface area contributed by atoms with E-state index < -0.39 is 10.2 Å². The minimum absolute atomic E-state index is 0.00544. The zero-order chi connectivity index (χ0) is 10.6. The lowest BCUT2D eigenvalue weighted by Crippen LogP contribution is -2.40. The molecule has 0 unspecified atom stereocenters. The second kappa shape index (κ2) is 4.72. The molecule has 0 radical (unpaired) electrons. The number of nitrogens with zero attached hydrogens (tertiary/aromatic N) is 1. The van der Waals surface area contributed by atoms with Gasteiger partial charge in [-0.2, -0.15) is 12.7 Å². The number of nitrogens with one attached hydrogen (secondary N) is 2. The number of hydrogen-bond acceptors (Lipinski definition) is 3. The maximum Gasteiger partial charge on any atom is 0.279 e. The third-order valence-corrected chi connectivity index (χ3v) is 3.70. The van der Waals surface area contributed by atoms with Crippen LogP contribution in [0.4, 0.5) is 0 Å². The molecule has 0 saturated carbocycles. The van der Waals surface area contributed by atoms with Crippen molar-refractivity contribution in [3.8, 4) is 0 Å². The molecular formula is C7H16N4O2S. The first kappa shape index (κ1) is 11.4. The molecule has 0 aromatic rings. The Morgan fingerprint density at radius 1 is 1.43 bits per heavy atom. The van der Waals surface area contributed by atoms with Gasteiger partial charge in [0.05, 0.1) is 5.84 Å². The van der Waals surface area contributed by atoms with E-state index in [0.717, 1.165) is 12.8 Å². The summed E-state index contributed by atoms with van der Waals surface area (Å²) in [5.74, 6) is -0.00544. The lowest BCUT2D eigenvalue weighted by Gasteiger charge is -2.15. The summed E-state index contributed by atoms with van der Waals surface area (Å²) in [5, 5.41) is 6.94. The van der Waals surface area contributed by atoms with E-state index in [1.165, 1.54) is 4.31 Å². The zero-order valence-electron chi connectivity index (χ0n) is 7.99. The average Bonchev–Trinajstić information content (AvgIpc) is 2.54. The lowest BCUT2D eigenvalue weighted by atomic mass is 10.4. The molecule has 0 amide bonds. The standard InChI is InChI=1S/C7H16N4O2S/c8-7(9)3-4-10-14(12,13)11-5-1-2-6-11/h10H,1-6H2,(H3,8,9). The van der Waals surface area contributed by atoms with Crippen LogP contribution in [-0.2, 0) is 10.2 Å². The van der Waals surface area contributed by atoms with E-state index in [-0.39, 0.29) is 18.8 Å². The lowest BCUT2D eigenvalue weighted by molar-refractivity contribution is 0.466. The third kappa shape index (κ3) is 3.24. The third-order valence-electron chi connectivity index (χ3n) is 2.08. The number of rotatable bonds is 5. The average molecular weight is 220 g/mol. The minimum Gasteiger partial charge on any atom is -0.388 e. The Kier molecular flexibility index (Phi) is 3.85. The Morgan fingerprint density at radius 2 is 2.00 bits per heavy atom. The van der Waals surface area contributed by atoms with Gasteiger partial charge in [0, 0.05) is 26.1 Å². The van der Waals surface area contributed by atoms with Crippen molar-refractivity contribution in [3.63, 3.8) is 0 Å². The highest BCUT2D eigenvalue weighted by atomic mass is 32.2. The first-order valence-corrected chi connectivity index (χ1v) is 6.04. The smallest absolute Gasteiger partial charge is 0.279 e. The summed E-state index contributed by atoms with van der Waals surface area (Å²) in [5.41, 5.74) is 5.11. The molecule has 1 aliphatic heterocycles. The quantitative estimate of drug-likeness (QED) is 0.419. The van der Waals surface area contributed by atoms with Crippen molar-refractivity contribution in [3.05, 3.63) is 0 Å². The molecule has 1 saturated heterocycles. The first-order chi connectivity index (χ1) is 6.52. The van der Waals surface area contributed by atoms with Crippen molar-refractivity contribution < 1.29 is 8.42 Å². The van der Waals surface area contributed by atoms with Gasteiger partial charge < -0.3 is 5.73 Å². The van der Waals surface area contributed by atoms with Crippen LogP contribution in [0.1, 0.15) is 19.3 Å². The van der Waals surface area contributed by atoms with Crippen LogP contribution in [0.15, 0.2) is 0 Å². The van der Waals surface area contributed by atoms with Crippen molar-refractivity contribution in [1.29, 1.82) is 5.41 Å². The molecule has 82 valence electrons. The number of amidine groups is 1. The van der Waals surface area contributed by atoms with Crippen LogP contribution in [0.5, 0.6) is 0 Å². The van der Waals surface area contributed by atoms with Crippen LogP contribution in [-0.4, -0.2) is 38.2 Å². The molecule has 1 fully saturated rings. The fourth-order valence-corrected chi connectivity index (χ4v) is 2.62. The van der Waals surface area contributed by atoms with Gasteiger partial charge in [0.1, 0.15) is 0 Å². The van der Waals surface area contributed by atoms with E-state index in [9.17, 15) is 8.42 Å². The molecule has 4 N–H and O–H groups in total. The van der Waals surface area contributed by atoms with Gasteiger partial charge in [-0.15, -0.1) is 0 Å². The molecule has 0 atom stereocenters. The van der Waals surface area contributed by atoms with Gasteiger partial charge in [0.25, 0.3) is 10.2 Å². The van der Waals surface area contributed by atoms with Crippen LogP contribution in [0.25, 0.3) is 0 Å². The second-order valence-corrected chi connectivity index (χ2v) is 5.04. The van der Waals surface area contributed by atoms with E-state index in [4.69, 9.17) is 11.1 Å². The summed E-state index contributed by atoms with van der Waals surface area (Å²) in [4.78, 5) is 0. The normalized spacial score (nSPS) is 18.6. The zero-order valence-corrected chi connectivity index (χ0v) is 8.81. The van der Waals surface area contributed by atoms with E-state index >= 15 is 0 Å². The fourth-order valence-electron chi connectivity index (χ4n) is 1.33. The number of nitrogens with two attached hydrogens (primary N) is 1. The van der Waals surface area contributed by atoms with Gasteiger partial charge in [-0.3, -0.25) is 5.41 Å². The number of hydrogen-bond donors (Lipinski definition) is 3. The summed E-state index contributed by atoms with van der Waals surface area (Å²) in [6.45, 7) is 1.39. The first-order valence-electron chi connectivity index (χ1n) is 4.60. The summed E-state index contributed by atoms with van der Waals surface area (Å²) >= 11 is 0. The van der Waals surface area contributed by atoms with Gasteiger partial charge in [0.15, 0.2) is 0 Å². The molecule has 1 aliphatic rings. The van der Waals surface area contributed by atoms with Crippen molar-refractivity contribution in [2.75, 3.05) is 19.6 Å². The Labute approximate surface area is 84.2 Å². The van der Waals surface area contributed by atoms with E-state index in [1.807, 2.05) is 0 Å². The van der Waals surface area contributed by atoms with Crippen LogP contribution in [0, 0.1) is 5.41 Å². The highest BCUT2D eigenvalue weighted by molar-refractivity contribution is 7.87. The van der Waals surface area contributed by atoms with Gasteiger partial charge in [0.2, 0.25) is 0 Å². The van der Waals surface area contributed by atoms with E-state index in [0.29, 0.717) is 13.1 Å². The maximum absolute atomic E-state index is 11.5. The fraction of sp³-hybridized carbons (Fsp3) is 0.857. The largest absolute Gasteiger partial charge is 0.388 e. The molecule has 0 bridgehead atoms. The molecule has 0 spiro atoms. The van der Waals surface area contributed by atoms with Crippen molar-refractivity contribution in [2.45, 2.75) is 19.3 Å². The maximum atomic E-state index is 11.5. The minimum atomic E-state index is -3.32.